The van der Waals surface area contributed by atoms with Crippen molar-refractivity contribution >= 4 is 11.9 Å². The fraction of sp³-hybridized carbons (Fsp3) is 0.833. The molecule has 1 saturated heterocycles. The van der Waals surface area contributed by atoms with Crippen LogP contribution < -0.4 is 21.7 Å². The summed E-state index contributed by atoms with van der Waals surface area (Å²) in [5.74, 6) is 0.387. The molecular weight excluding hydrogens is 232 g/mol. The van der Waals surface area contributed by atoms with Crippen molar-refractivity contribution in [3.63, 3.8) is 0 Å². The van der Waals surface area contributed by atoms with E-state index in [1.54, 1.807) is 0 Å². The predicted octanol–water partition coefficient (Wildman–Crippen LogP) is -0.203. The first kappa shape index (κ1) is 14.8. The molecule has 0 aliphatic carbocycles. The smallest absolute Gasteiger partial charge is 0.312 e. The molecule has 0 bridgehead atoms. The lowest BCUT2D eigenvalue weighted by atomic mass is 9.74. The monoisotopic (exact) mass is 256 g/mol. The van der Waals surface area contributed by atoms with Gasteiger partial charge in [-0.05, 0) is 31.8 Å². The number of urea groups is 1. The Balaban J connectivity index is 2.36. The second kappa shape index (κ2) is 6.58. The number of amides is 3. The summed E-state index contributed by atoms with van der Waals surface area (Å²) in [6.45, 7) is 6.64. The number of nitrogens with one attached hydrogen (secondary N) is 3. The number of carbonyl (C=O) groups is 2. The molecule has 0 spiro atoms. The van der Waals surface area contributed by atoms with Crippen LogP contribution in [0.5, 0.6) is 0 Å². The first-order chi connectivity index (χ1) is 8.44. The van der Waals surface area contributed by atoms with Gasteiger partial charge in [-0.15, -0.1) is 0 Å². The van der Waals surface area contributed by atoms with Gasteiger partial charge in [0.2, 0.25) is 5.91 Å². The standard InChI is InChI=1S/C12H24N4O2/c1-12(2,9-4-3-5-14-8-9)10(17)15-6-7-16-11(13)18/h9,14H,3-8H2,1-2H3,(H,15,17)(H3,13,16,18). The van der Waals surface area contributed by atoms with Gasteiger partial charge in [-0.1, -0.05) is 13.8 Å². The van der Waals surface area contributed by atoms with Gasteiger partial charge in [0.15, 0.2) is 0 Å². The van der Waals surface area contributed by atoms with E-state index in [2.05, 4.69) is 16.0 Å². The summed E-state index contributed by atoms with van der Waals surface area (Å²) in [5, 5.41) is 8.61. The van der Waals surface area contributed by atoms with Gasteiger partial charge in [-0.2, -0.15) is 0 Å². The molecular formula is C12H24N4O2. The molecule has 5 N–H and O–H groups in total. The minimum absolute atomic E-state index is 0.0301. The lowest BCUT2D eigenvalue weighted by Gasteiger charge is -2.36. The SMILES string of the molecule is CC(C)(C(=O)NCCNC(N)=O)C1CCCNC1. The maximum absolute atomic E-state index is 12.1. The van der Waals surface area contributed by atoms with Crippen LogP contribution in [0, 0.1) is 11.3 Å². The molecule has 1 heterocycles. The number of rotatable bonds is 5. The van der Waals surface area contributed by atoms with E-state index in [9.17, 15) is 9.59 Å². The van der Waals surface area contributed by atoms with Crippen molar-refractivity contribution in [3.05, 3.63) is 0 Å². The highest BCUT2D eigenvalue weighted by molar-refractivity contribution is 5.82. The molecule has 6 heteroatoms. The van der Waals surface area contributed by atoms with Crippen LogP contribution in [0.4, 0.5) is 4.79 Å². The minimum atomic E-state index is -0.569. The Morgan fingerprint density at radius 3 is 2.56 bits per heavy atom. The van der Waals surface area contributed by atoms with Crippen LogP contribution in [-0.2, 0) is 4.79 Å². The number of primary amides is 1. The molecule has 1 fully saturated rings. The first-order valence-corrected chi connectivity index (χ1v) is 6.47. The fourth-order valence-corrected chi connectivity index (χ4v) is 2.24. The highest BCUT2D eigenvalue weighted by Crippen LogP contribution is 2.31. The van der Waals surface area contributed by atoms with Crippen LogP contribution in [-0.4, -0.2) is 38.1 Å². The normalized spacial score (nSPS) is 20.2. The fourth-order valence-electron chi connectivity index (χ4n) is 2.24. The predicted molar refractivity (Wildman–Crippen MR) is 70.0 cm³/mol. The molecule has 18 heavy (non-hydrogen) atoms. The molecule has 1 unspecified atom stereocenters. The van der Waals surface area contributed by atoms with Gasteiger partial charge in [-0.25, -0.2) is 4.79 Å². The van der Waals surface area contributed by atoms with Crippen molar-refractivity contribution < 1.29 is 9.59 Å². The summed E-state index contributed by atoms with van der Waals surface area (Å²) < 4.78 is 0. The van der Waals surface area contributed by atoms with Crippen LogP contribution >= 0.6 is 0 Å². The van der Waals surface area contributed by atoms with Crippen LogP contribution in [0.2, 0.25) is 0 Å². The molecule has 104 valence electrons. The number of carbonyl (C=O) groups excluding carboxylic acids is 2. The van der Waals surface area contributed by atoms with Crippen molar-refractivity contribution in [1.82, 2.24) is 16.0 Å². The second-order valence-corrected chi connectivity index (χ2v) is 5.31. The number of piperidine rings is 1. The van der Waals surface area contributed by atoms with Gasteiger partial charge in [0.25, 0.3) is 0 Å². The zero-order valence-electron chi connectivity index (χ0n) is 11.2. The summed E-state index contributed by atoms with van der Waals surface area (Å²) in [7, 11) is 0. The summed E-state index contributed by atoms with van der Waals surface area (Å²) in [6, 6.07) is -0.569. The van der Waals surface area contributed by atoms with Gasteiger partial charge in [-0.3, -0.25) is 4.79 Å². The van der Waals surface area contributed by atoms with Gasteiger partial charge < -0.3 is 21.7 Å². The van der Waals surface area contributed by atoms with Gasteiger partial charge >= 0.3 is 6.03 Å². The van der Waals surface area contributed by atoms with Crippen molar-refractivity contribution in [1.29, 1.82) is 0 Å². The van der Waals surface area contributed by atoms with Crippen molar-refractivity contribution in [2.75, 3.05) is 26.2 Å². The molecule has 0 aromatic rings. The molecule has 0 saturated carbocycles. The Labute approximate surface area is 108 Å². The second-order valence-electron chi connectivity index (χ2n) is 5.31. The Hall–Kier alpha value is -1.30. The van der Waals surface area contributed by atoms with E-state index in [4.69, 9.17) is 5.73 Å². The van der Waals surface area contributed by atoms with E-state index < -0.39 is 6.03 Å². The van der Waals surface area contributed by atoms with E-state index in [1.165, 1.54) is 0 Å². The Kier molecular flexibility index (Phi) is 5.40. The minimum Gasteiger partial charge on any atom is -0.354 e. The molecule has 1 aliphatic rings. The van der Waals surface area contributed by atoms with Crippen molar-refractivity contribution in [2.24, 2.45) is 17.1 Å². The van der Waals surface area contributed by atoms with E-state index >= 15 is 0 Å². The van der Waals surface area contributed by atoms with Crippen LogP contribution in [0.1, 0.15) is 26.7 Å². The third kappa shape index (κ3) is 4.18. The van der Waals surface area contributed by atoms with Gasteiger partial charge in [0.1, 0.15) is 0 Å². The quantitative estimate of drug-likeness (QED) is 0.513. The average molecular weight is 256 g/mol. The topological polar surface area (TPSA) is 96.2 Å². The summed E-state index contributed by atoms with van der Waals surface area (Å²) in [4.78, 5) is 22.6. The number of hydrogen-bond donors (Lipinski definition) is 4. The molecule has 0 aromatic carbocycles. The van der Waals surface area contributed by atoms with E-state index in [-0.39, 0.29) is 11.3 Å². The van der Waals surface area contributed by atoms with Crippen LogP contribution in [0.3, 0.4) is 0 Å². The Bertz CT molecular complexity index is 298. The highest BCUT2D eigenvalue weighted by Gasteiger charge is 2.36. The summed E-state index contributed by atoms with van der Waals surface area (Å²) in [6.07, 6.45) is 2.19. The van der Waals surface area contributed by atoms with Crippen molar-refractivity contribution in [3.8, 4) is 0 Å². The first-order valence-electron chi connectivity index (χ1n) is 6.47. The molecule has 1 rings (SSSR count). The number of hydrogen-bond acceptors (Lipinski definition) is 3. The molecule has 3 amide bonds. The third-order valence-corrected chi connectivity index (χ3v) is 3.61. The Morgan fingerprint density at radius 2 is 2.00 bits per heavy atom. The van der Waals surface area contributed by atoms with Gasteiger partial charge in [0.05, 0.1) is 0 Å². The number of nitrogens with two attached hydrogens (primary N) is 1. The average Bonchev–Trinajstić information content (AvgIpc) is 2.35. The maximum Gasteiger partial charge on any atom is 0.312 e. The lowest BCUT2D eigenvalue weighted by molar-refractivity contribution is -0.132. The van der Waals surface area contributed by atoms with Gasteiger partial charge in [0, 0.05) is 18.5 Å². The molecule has 0 aromatic heterocycles. The lowest BCUT2D eigenvalue weighted by Crippen LogP contribution is -2.48. The van der Waals surface area contributed by atoms with Crippen LogP contribution in [0.15, 0.2) is 0 Å². The third-order valence-electron chi connectivity index (χ3n) is 3.61. The van der Waals surface area contributed by atoms with E-state index in [0.29, 0.717) is 19.0 Å². The van der Waals surface area contributed by atoms with E-state index in [0.717, 1.165) is 25.9 Å². The summed E-state index contributed by atoms with van der Waals surface area (Å²) >= 11 is 0. The largest absolute Gasteiger partial charge is 0.354 e. The maximum atomic E-state index is 12.1. The summed E-state index contributed by atoms with van der Waals surface area (Å²) in [5.41, 5.74) is 4.55. The molecule has 0 radical (unpaired) electrons. The zero-order valence-corrected chi connectivity index (χ0v) is 11.2. The highest BCUT2D eigenvalue weighted by atomic mass is 16.2. The molecule has 6 nitrogen and oxygen atoms in total. The van der Waals surface area contributed by atoms with E-state index in [1.807, 2.05) is 13.8 Å². The van der Waals surface area contributed by atoms with Crippen molar-refractivity contribution in [2.45, 2.75) is 26.7 Å². The molecule has 1 aliphatic heterocycles. The zero-order chi connectivity index (χ0) is 13.6. The molecule has 1 atom stereocenters. The van der Waals surface area contributed by atoms with Crippen LogP contribution in [0.25, 0.3) is 0 Å². The Morgan fingerprint density at radius 1 is 1.33 bits per heavy atom.